The van der Waals surface area contributed by atoms with Crippen LogP contribution in [0.4, 0.5) is 4.39 Å². The Hall–Kier alpha value is -2.42. The Morgan fingerprint density at radius 1 is 0.963 bits per heavy atom. The smallest absolute Gasteiger partial charge is 0.148 e. The lowest BCUT2D eigenvalue weighted by Gasteiger charge is -2.10. The number of epoxide rings is 1. The van der Waals surface area contributed by atoms with Gasteiger partial charge >= 0.3 is 0 Å². The van der Waals surface area contributed by atoms with Gasteiger partial charge in [-0.05, 0) is 35.1 Å². The molecule has 1 heterocycles. The van der Waals surface area contributed by atoms with Crippen LogP contribution in [0.5, 0.6) is 0 Å². The molecule has 0 N–H and O–H groups in total. The molecule has 1 aliphatic rings. The second kappa shape index (κ2) is 7.67. The Morgan fingerprint density at radius 3 is 2.15 bits per heavy atom. The molecule has 3 aromatic carbocycles. The standard InChI is InChI=1S/C24H20ClFO/c1-2-3-4-16-5-7-17(8-6-16)18-9-11-19(12-10-18)20-13-14-21(22-15-27-22)24(26)23(20)25/h2,5-14,22H,1,3-4,15H2. The molecule has 1 fully saturated rings. The number of halogens is 2. The van der Waals surface area contributed by atoms with E-state index in [1.54, 1.807) is 6.07 Å². The van der Waals surface area contributed by atoms with Gasteiger partial charge in [0.2, 0.25) is 0 Å². The molecular weight excluding hydrogens is 359 g/mol. The molecule has 0 radical (unpaired) electrons. The van der Waals surface area contributed by atoms with Crippen LogP contribution in [0.3, 0.4) is 0 Å². The number of aryl methyl sites for hydroxylation is 1. The molecule has 1 aliphatic heterocycles. The summed E-state index contributed by atoms with van der Waals surface area (Å²) in [5, 5.41) is 0.155. The Labute approximate surface area is 164 Å². The largest absolute Gasteiger partial charge is 0.368 e. The van der Waals surface area contributed by atoms with Crippen LogP contribution in [-0.4, -0.2) is 6.61 Å². The van der Waals surface area contributed by atoms with Gasteiger partial charge in [0.25, 0.3) is 0 Å². The van der Waals surface area contributed by atoms with Crippen LogP contribution in [0.25, 0.3) is 22.3 Å². The number of hydrogen-bond donors (Lipinski definition) is 0. The van der Waals surface area contributed by atoms with Crippen molar-refractivity contribution in [3.63, 3.8) is 0 Å². The van der Waals surface area contributed by atoms with Crippen LogP contribution in [0.15, 0.2) is 73.3 Å². The Morgan fingerprint density at radius 2 is 1.56 bits per heavy atom. The lowest BCUT2D eigenvalue weighted by molar-refractivity contribution is 0.408. The van der Waals surface area contributed by atoms with Crippen molar-refractivity contribution >= 4 is 11.6 Å². The molecule has 1 saturated heterocycles. The molecule has 136 valence electrons. The van der Waals surface area contributed by atoms with Gasteiger partial charge in [0.05, 0.1) is 11.6 Å². The number of rotatable bonds is 6. The van der Waals surface area contributed by atoms with Crippen molar-refractivity contribution in [2.24, 2.45) is 0 Å². The number of benzene rings is 3. The summed E-state index contributed by atoms with van der Waals surface area (Å²) in [6.07, 6.45) is 3.78. The molecule has 3 aromatic rings. The van der Waals surface area contributed by atoms with E-state index >= 15 is 0 Å². The normalized spacial score (nSPS) is 15.6. The zero-order chi connectivity index (χ0) is 18.8. The predicted molar refractivity (Wildman–Crippen MR) is 109 cm³/mol. The first-order valence-electron chi connectivity index (χ1n) is 9.07. The molecule has 3 heteroatoms. The van der Waals surface area contributed by atoms with Crippen LogP contribution in [0.2, 0.25) is 5.02 Å². The third kappa shape index (κ3) is 3.83. The summed E-state index contributed by atoms with van der Waals surface area (Å²) in [6, 6.07) is 20.2. The topological polar surface area (TPSA) is 12.5 Å². The van der Waals surface area contributed by atoms with Crippen molar-refractivity contribution in [3.8, 4) is 22.3 Å². The van der Waals surface area contributed by atoms with Crippen molar-refractivity contribution < 1.29 is 9.13 Å². The van der Waals surface area contributed by atoms with Gasteiger partial charge in [0.15, 0.2) is 0 Å². The van der Waals surface area contributed by atoms with Gasteiger partial charge < -0.3 is 4.74 Å². The fourth-order valence-electron chi connectivity index (χ4n) is 3.24. The highest BCUT2D eigenvalue weighted by atomic mass is 35.5. The molecule has 0 bridgehead atoms. The molecule has 27 heavy (non-hydrogen) atoms. The van der Waals surface area contributed by atoms with E-state index in [-0.39, 0.29) is 16.9 Å². The monoisotopic (exact) mass is 378 g/mol. The maximum atomic E-state index is 14.5. The summed E-state index contributed by atoms with van der Waals surface area (Å²) in [7, 11) is 0. The van der Waals surface area contributed by atoms with Crippen molar-refractivity contribution in [2.75, 3.05) is 6.61 Å². The first kappa shape index (κ1) is 18.0. The Kier molecular flexibility index (Phi) is 5.11. The highest BCUT2D eigenvalue weighted by Gasteiger charge is 2.29. The maximum Gasteiger partial charge on any atom is 0.148 e. The summed E-state index contributed by atoms with van der Waals surface area (Å²) >= 11 is 6.28. The highest BCUT2D eigenvalue weighted by Crippen LogP contribution is 2.39. The van der Waals surface area contributed by atoms with E-state index in [1.165, 1.54) is 5.56 Å². The molecule has 1 unspecified atom stereocenters. The molecule has 0 aromatic heterocycles. The summed E-state index contributed by atoms with van der Waals surface area (Å²) in [5.74, 6) is -0.379. The van der Waals surface area contributed by atoms with Gasteiger partial charge in [-0.2, -0.15) is 0 Å². The van der Waals surface area contributed by atoms with Gasteiger partial charge in [-0.3, -0.25) is 0 Å². The predicted octanol–water partition coefficient (Wildman–Crippen LogP) is 7.00. The molecule has 1 atom stereocenters. The fourth-order valence-corrected chi connectivity index (χ4v) is 3.52. The van der Waals surface area contributed by atoms with Crippen LogP contribution in [0.1, 0.15) is 23.7 Å². The van der Waals surface area contributed by atoms with Crippen molar-refractivity contribution in [1.29, 1.82) is 0 Å². The third-order valence-electron chi connectivity index (χ3n) is 4.91. The molecule has 0 amide bonds. The van der Waals surface area contributed by atoms with E-state index in [4.69, 9.17) is 16.3 Å². The molecule has 0 aliphatic carbocycles. The fraction of sp³-hybridized carbons (Fsp3) is 0.167. The van der Waals surface area contributed by atoms with Crippen LogP contribution >= 0.6 is 11.6 Å². The number of ether oxygens (including phenoxy) is 1. The van der Waals surface area contributed by atoms with E-state index in [9.17, 15) is 4.39 Å². The van der Waals surface area contributed by atoms with Gasteiger partial charge in [0.1, 0.15) is 11.9 Å². The van der Waals surface area contributed by atoms with E-state index in [0.717, 1.165) is 29.5 Å². The third-order valence-corrected chi connectivity index (χ3v) is 5.28. The van der Waals surface area contributed by atoms with Gasteiger partial charge in [-0.1, -0.05) is 78.3 Å². The number of allylic oxidation sites excluding steroid dienone is 1. The minimum Gasteiger partial charge on any atom is -0.368 e. The molecule has 0 spiro atoms. The zero-order valence-electron chi connectivity index (χ0n) is 14.9. The van der Waals surface area contributed by atoms with Crippen molar-refractivity contribution in [1.82, 2.24) is 0 Å². The first-order valence-corrected chi connectivity index (χ1v) is 9.45. The average Bonchev–Trinajstić information content (AvgIpc) is 3.54. The van der Waals surface area contributed by atoms with E-state index in [2.05, 4.69) is 30.8 Å². The van der Waals surface area contributed by atoms with Crippen molar-refractivity contribution in [3.05, 3.63) is 95.3 Å². The lowest BCUT2D eigenvalue weighted by atomic mass is 9.98. The van der Waals surface area contributed by atoms with Crippen LogP contribution in [0, 0.1) is 5.82 Å². The minimum absolute atomic E-state index is 0.145. The molecule has 0 saturated carbocycles. The minimum atomic E-state index is -0.379. The van der Waals surface area contributed by atoms with Crippen molar-refractivity contribution in [2.45, 2.75) is 18.9 Å². The van der Waals surface area contributed by atoms with Gasteiger partial charge in [-0.25, -0.2) is 4.39 Å². The van der Waals surface area contributed by atoms with E-state index in [1.807, 2.05) is 36.4 Å². The van der Waals surface area contributed by atoms with E-state index < -0.39 is 0 Å². The highest BCUT2D eigenvalue weighted by molar-refractivity contribution is 6.33. The molecule has 4 rings (SSSR count). The lowest BCUT2D eigenvalue weighted by Crippen LogP contribution is -1.92. The second-order valence-corrected chi connectivity index (χ2v) is 7.13. The summed E-state index contributed by atoms with van der Waals surface area (Å²) in [4.78, 5) is 0. The summed E-state index contributed by atoms with van der Waals surface area (Å²) in [6.45, 7) is 4.33. The second-order valence-electron chi connectivity index (χ2n) is 6.75. The molecule has 1 nitrogen and oxygen atoms in total. The molecular formula is C24H20ClFO. The van der Waals surface area contributed by atoms with E-state index in [0.29, 0.717) is 17.7 Å². The Balaban J connectivity index is 1.57. The van der Waals surface area contributed by atoms with Crippen LogP contribution < -0.4 is 0 Å². The summed E-state index contributed by atoms with van der Waals surface area (Å²) in [5.41, 5.74) is 5.71. The average molecular weight is 379 g/mol. The maximum absolute atomic E-state index is 14.5. The first-order chi connectivity index (χ1) is 13.2. The number of hydrogen-bond acceptors (Lipinski definition) is 1. The zero-order valence-corrected chi connectivity index (χ0v) is 15.7. The summed E-state index contributed by atoms with van der Waals surface area (Å²) < 4.78 is 19.7. The van der Waals surface area contributed by atoms with Gasteiger partial charge in [0, 0.05) is 11.1 Å². The quantitative estimate of drug-likeness (QED) is 0.332. The van der Waals surface area contributed by atoms with Crippen LogP contribution in [-0.2, 0) is 11.2 Å². The Bertz CT molecular complexity index is 957. The SMILES string of the molecule is C=CCCc1ccc(-c2ccc(-c3ccc(C4CO4)c(F)c3Cl)cc2)cc1. The van der Waals surface area contributed by atoms with Gasteiger partial charge in [-0.15, -0.1) is 6.58 Å².